The van der Waals surface area contributed by atoms with Gasteiger partial charge in [-0.15, -0.1) is 12.6 Å². The molecule has 1 aromatic rings. The normalized spacial score (nSPS) is 35.9. The number of halogens is 2. The standard InChI is InChI=1S/C13H12F2N2S/c14-9-2-1-7(3-10(9)15)13-4-8(13)11-5-16-12(18)17(11)6-13/h1-3,5,8,12,16,18H,4,6H2/t8-,12?,13+/m0/s1. The van der Waals surface area contributed by atoms with Crippen molar-refractivity contribution in [1.29, 1.82) is 0 Å². The van der Waals surface area contributed by atoms with Crippen LogP contribution in [0.15, 0.2) is 30.1 Å². The summed E-state index contributed by atoms with van der Waals surface area (Å²) in [5, 5.41) is 3.16. The fourth-order valence-corrected chi connectivity index (χ4v) is 3.63. The lowest BCUT2D eigenvalue weighted by Crippen LogP contribution is -2.34. The molecule has 94 valence electrons. The zero-order valence-corrected chi connectivity index (χ0v) is 10.4. The van der Waals surface area contributed by atoms with Crippen LogP contribution in [0.5, 0.6) is 0 Å². The number of benzene rings is 1. The number of fused-ring (bicyclic) bond motifs is 3. The number of hydrogen-bond acceptors (Lipinski definition) is 3. The van der Waals surface area contributed by atoms with Crippen LogP contribution < -0.4 is 5.32 Å². The van der Waals surface area contributed by atoms with Gasteiger partial charge >= 0.3 is 0 Å². The van der Waals surface area contributed by atoms with Gasteiger partial charge in [0.05, 0.1) is 0 Å². The van der Waals surface area contributed by atoms with Crippen molar-refractivity contribution in [3.63, 3.8) is 0 Å². The van der Waals surface area contributed by atoms with E-state index in [9.17, 15) is 8.78 Å². The predicted octanol–water partition coefficient (Wildman–Crippen LogP) is 2.20. The largest absolute Gasteiger partial charge is 0.361 e. The molecule has 5 heteroatoms. The van der Waals surface area contributed by atoms with Gasteiger partial charge in [0.15, 0.2) is 11.6 Å². The summed E-state index contributed by atoms with van der Waals surface area (Å²) in [5.74, 6) is -1.11. The second kappa shape index (κ2) is 3.20. The summed E-state index contributed by atoms with van der Waals surface area (Å²) in [5.41, 5.74) is 2.14. The number of allylic oxidation sites excluding steroid dienone is 1. The van der Waals surface area contributed by atoms with Crippen molar-refractivity contribution in [2.24, 2.45) is 5.92 Å². The molecular formula is C13H12F2N2S. The van der Waals surface area contributed by atoms with Crippen LogP contribution >= 0.6 is 12.6 Å². The maximum atomic E-state index is 13.4. The molecule has 1 saturated heterocycles. The Bertz CT molecular complexity index is 574. The minimum absolute atomic E-state index is 0.00923. The second-order valence-corrected chi connectivity index (χ2v) is 5.77. The molecule has 2 aliphatic heterocycles. The molecule has 2 fully saturated rings. The van der Waals surface area contributed by atoms with E-state index in [1.807, 2.05) is 6.20 Å². The van der Waals surface area contributed by atoms with Gasteiger partial charge in [0, 0.05) is 29.8 Å². The molecule has 2 heterocycles. The van der Waals surface area contributed by atoms with E-state index in [-0.39, 0.29) is 10.9 Å². The number of nitrogens with one attached hydrogen (secondary N) is 1. The zero-order chi connectivity index (χ0) is 12.5. The lowest BCUT2D eigenvalue weighted by atomic mass is 9.94. The Balaban J connectivity index is 1.73. The summed E-state index contributed by atoms with van der Waals surface area (Å²) in [6.07, 6.45) is 3.01. The number of piperidine rings is 1. The molecule has 1 N–H and O–H groups in total. The van der Waals surface area contributed by atoms with E-state index in [1.165, 1.54) is 17.8 Å². The topological polar surface area (TPSA) is 15.3 Å². The van der Waals surface area contributed by atoms with E-state index >= 15 is 0 Å². The highest BCUT2D eigenvalue weighted by molar-refractivity contribution is 7.80. The van der Waals surface area contributed by atoms with Crippen molar-refractivity contribution < 1.29 is 8.78 Å². The fraction of sp³-hybridized carbons (Fsp3) is 0.385. The lowest BCUT2D eigenvalue weighted by molar-refractivity contribution is 0.340. The van der Waals surface area contributed by atoms with Crippen molar-refractivity contribution in [3.8, 4) is 0 Å². The van der Waals surface area contributed by atoms with Gasteiger partial charge < -0.3 is 10.2 Å². The van der Waals surface area contributed by atoms with Crippen LogP contribution in [0.2, 0.25) is 0 Å². The van der Waals surface area contributed by atoms with Crippen LogP contribution in [0.1, 0.15) is 12.0 Å². The summed E-state index contributed by atoms with van der Waals surface area (Å²) < 4.78 is 26.4. The monoisotopic (exact) mass is 266 g/mol. The molecule has 18 heavy (non-hydrogen) atoms. The molecule has 1 unspecified atom stereocenters. The molecule has 1 saturated carbocycles. The molecule has 0 aromatic heterocycles. The molecule has 4 rings (SSSR count). The third-order valence-electron chi connectivity index (χ3n) is 4.39. The minimum atomic E-state index is -0.779. The van der Waals surface area contributed by atoms with Crippen LogP contribution in [0.25, 0.3) is 0 Å². The van der Waals surface area contributed by atoms with Crippen LogP contribution in [0.3, 0.4) is 0 Å². The highest BCUT2D eigenvalue weighted by atomic mass is 32.1. The average molecular weight is 266 g/mol. The lowest BCUT2D eigenvalue weighted by Gasteiger charge is -2.24. The van der Waals surface area contributed by atoms with E-state index < -0.39 is 11.6 Å². The smallest absolute Gasteiger partial charge is 0.159 e. The first kappa shape index (κ1) is 10.7. The molecule has 2 nitrogen and oxygen atoms in total. The van der Waals surface area contributed by atoms with Gasteiger partial charge in [-0.1, -0.05) is 6.07 Å². The Morgan fingerprint density at radius 2 is 2.17 bits per heavy atom. The van der Waals surface area contributed by atoms with Crippen molar-refractivity contribution in [3.05, 3.63) is 47.3 Å². The number of hydrogen-bond donors (Lipinski definition) is 2. The Morgan fingerprint density at radius 1 is 1.33 bits per heavy atom. The molecular weight excluding hydrogens is 254 g/mol. The highest BCUT2D eigenvalue weighted by Gasteiger charge is 2.65. The molecule has 0 amide bonds. The van der Waals surface area contributed by atoms with Crippen LogP contribution in [0.4, 0.5) is 8.78 Å². The van der Waals surface area contributed by atoms with Gasteiger partial charge in [-0.25, -0.2) is 8.78 Å². The van der Waals surface area contributed by atoms with Gasteiger partial charge in [0.25, 0.3) is 0 Å². The van der Waals surface area contributed by atoms with E-state index in [0.717, 1.165) is 18.5 Å². The Labute approximate surface area is 109 Å². The Morgan fingerprint density at radius 3 is 2.89 bits per heavy atom. The van der Waals surface area contributed by atoms with Crippen LogP contribution in [-0.2, 0) is 5.41 Å². The Kier molecular flexibility index (Phi) is 1.90. The van der Waals surface area contributed by atoms with Crippen molar-refractivity contribution in [1.82, 2.24) is 10.2 Å². The first-order valence-corrected chi connectivity index (χ1v) is 6.50. The summed E-state index contributed by atoms with van der Waals surface area (Å²) in [6.45, 7) is 0.829. The summed E-state index contributed by atoms with van der Waals surface area (Å²) in [4.78, 5) is 2.19. The number of thiol groups is 1. The average Bonchev–Trinajstić information content (AvgIpc) is 2.83. The van der Waals surface area contributed by atoms with E-state index in [1.54, 1.807) is 6.07 Å². The van der Waals surface area contributed by atoms with Crippen LogP contribution in [-0.4, -0.2) is 16.9 Å². The summed E-state index contributed by atoms with van der Waals surface area (Å²) in [6, 6.07) is 4.28. The first-order chi connectivity index (χ1) is 8.62. The van der Waals surface area contributed by atoms with Gasteiger partial charge in [-0.05, 0) is 24.1 Å². The minimum Gasteiger partial charge on any atom is -0.361 e. The van der Waals surface area contributed by atoms with Crippen molar-refractivity contribution >= 4 is 12.6 Å². The Hall–Kier alpha value is -1.23. The van der Waals surface area contributed by atoms with E-state index in [0.29, 0.717) is 5.92 Å². The number of rotatable bonds is 1. The predicted molar refractivity (Wildman–Crippen MR) is 66.8 cm³/mol. The molecule has 0 bridgehead atoms. The number of nitrogens with zero attached hydrogens (tertiary/aromatic N) is 1. The quantitative estimate of drug-likeness (QED) is 0.758. The maximum Gasteiger partial charge on any atom is 0.159 e. The SMILES string of the molecule is Fc1ccc([C@]23C[C@H]2C2=CNC(S)N2C3)cc1F. The molecule has 3 atom stereocenters. The molecule has 1 aromatic carbocycles. The van der Waals surface area contributed by atoms with Gasteiger partial charge in [-0.3, -0.25) is 0 Å². The molecule has 1 aliphatic carbocycles. The van der Waals surface area contributed by atoms with Crippen molar-refractivity contribution in [2.75, 3.05) is 6.54 Å². The van der Waals surface area contributed by atoms with Gasteiger partial charge in [0.2, 0.25) is 0 Å². The van der Waals surface area contributed by atoms with E-state index in [4.69, 9.17) is 0 Å². The highest BCUT2D eigenvalue weighted by Crippen LogP contribution is 2.64. The zero-order valence-electron chi connectivity index (χ0n) is 9.53. The molecule has 0 radical (unpaired) electrons. The fourth-order valence-electron chi connectivity index (χ4n) is 3.34. The first-order valence-electron chi connectivity index (χ1n) is 5.98. The van der Waals surface area contributed by atoms with Gasteiger partial charge in [-0.2, -0.15) is 0 Å². The third kappa shape index (κ3) is 1.18. The van der Waals surface area contributed by atoms with Crippen molar-refractivity contribution in [2.45, 2.75) is 17.3 Å². The van der Waals surface area contributed by atoms with Gasteiger partial charge in [0.1, 0.15) is 5.50 Å². The molecule has 3 aliphatic rings. The maximum absolute atomic E-state index is 13.4. The van der Waals surface area contributed by atoms with Crippen LogP contribution in [0, 0.1) is 17.6 Å². The third-order valence-corrected chi connectivity index (χ3v) is 4.81. The summed E-state index contributed by atoms with van der Waals surface area (Å²) >= 11 is 4.44. The second-order valence-electron chi connectivity index (χ2n) is 5.28. The summed E-state index contributed by atoms with van der Waals surface area (Å²) in [7, 11) is 0. The molecule has 0 spiro atoms. The van der Waals surface area contributed by atoms with E-state index in [2.05, 4.69) is 22.8 Å².